The van der Waals surface area contributed by atoms with Crippen molar-refractivity contribution in [1.29, 1.82) is 0 Å². The summed E-state index contributed by atoms with van der Waals surface area (Å²) in [5.41, 5.74) is 6.06. The molecule has 0 saturated carbocycles. The predicted octanol–water partition coefficient (Wildman–Crippen LogP) is -1.84. The number of aliphatic hydroxyl groups is 2. The number of nitrogens with one attached hydrogen (secondary N) is 2. The van der Waals surface area contributed by atoms with Gasteiger partial charge in [-0.25, -0.2) is 19.7 Å². The zero-order valence-electron chi connectivity index (χ0n) is 12.2. The predicted molar refractivity (Wildman–Crippen MR) is 78.4 cm³/mol. The molecule has 2 amide bonds. The van der Waals surface area contributed by atoms with E-state index in [1.165, 1.54) is 17.2 Å². The number of nitrogens with two attached hydrogens (primary N) is 1. The molecule has 23 heavy (non-hydrogen) atoms. The number of hydrogen-bond donors (Lipinski definition) is 5. The highest BCUT2D eigenvalue weighted by molar-refractivity contribution is 5.82. The second-order valence-electron chi connectivity index (χ2n) is 5.07. The summed E-state index contributed by atoms with van der Waals surface area (Å²) in [6, 6.07) is -1.66. The monoisotopic (exact) mass is 323 g/mol. The Morgan fingerprint density at radius 1 is 1.48 bits per heavy atom. The van der Waals surface area contributed by atoms with Crippen LogP contribution in [0, 0.1) is 0 Å². The first-order chi connectivity index (χ1) is 11.1. The van der Waals surface area contributed by atoms with Crippen LogP contribution in [0.4, 0.5) is 10.6 Å². The molecule has 6 N–H and O–H groups in total. The third-order valence-electron chi connectivity index (χ3n) is 3.73. The van der Waals surface area contributed by atoms with Gasteiger partial charge in [0.05, 0.1) is 19.0 Å². The second kappa shape index (κ2) is 5.95. The van der Waals surface area contributed by atoms with Gasteiger partial charge in [-0.1, -0.05) is 0 Å². The van der Waals surface area contributed by atoms with Crippen LogP contribution in [0.5, 0.6) is 0 Å². The number of anilines is 1. The first kappa shape index (κ1) is 15.4. The molecule has 11 heteroatoms. The molecule has 124 valence electrons. The minimum atomic E-state index is -1.13. The molecule has 3 heterocycles. The average Bonchev–Trinajstić information content (AvgIpc) is 3.09. The van der Waals surface area contributed by atoms with Crippen LogP contribution in [0.15, 0.2) is 12.7 Å². The Labute approximate surface area is 130 Å². The van der Waals surface area contributed by atoms with Gasteiger partial charge >= 0.3 is 6.03 Å². The van der Waals surface area contributed by atoms with E-state index >= 15 is 0 Å². The molecule has 1 aliphatic rings. The number of hydrogen-bond acceptors (Lipinski definition) is 8. The largest absolute Gasteiger partial charge is 0.394 e. The minimum Gasteiger partial charge on any atom is -0.394 e. The normalized spacial score (nSPS) is 27.3. The maximum atomic E-state index is 11.1. The van der Waals surface area contributed by atoms with Crippen molar-refractivity contribution in [2.75, 3.05) is 19.0 Å². The van der Waals surface area contributed by atoms with Crippen LogP contribution in [-0.2, 0) is 4.74 Å². The van der Waals surface area contributed by atoms with Gasteiger partial charge in [0.15, 0.2) is 17.7 Å². The van der Waals surface area contributed by atoms with Gasteiger partial charge in [0.2, 0.25) is 0 Å². The van der Waals surface area contributed by atoms with Crippen LogP contribution < -0.4 is 16.4 Å². The molecule has 0 radical (unpaired) electrons. The Bertz CT molecular complexity index is 720. The maximum absolute atomic E-state index is 11.1. The van der Waals surface area contributed by atoms with Crippen LogP contribution in [0.25, 0.3) is 11.2 Å². The van der Waals surface area contributed by atoms with Gasteiger partial charge in [0, 0.05) is 7.05 Å². The molecule has 2 aromatic rings. The van der Waals surface area contributed by atoms with Crippen molar-refractivity contribution in [2.24, 2.45) is 5.73 Å². The SMILES string of the molecule is CNc1ncnc2c1ncn2[C@@H]1O[C@H](CO)[C@@H](NC(N)=O)[C@H]1O. The lowest BCUT2D eigenvalue weighted by molar-refractivity contribution is -0.0489. The molecule has 0 unspecified atom stereocenters. The van der Waals surface area contributed by atoms with Crippen LogP contribution in [-0.4, -0.2) is 67.7 Å². The van der Waals surface area contributed by atoms with Crippen molar-refractivity contribution >= 4 is 23.0 Å². The van der Waals surface area contributed by atoms with E-state index in [0.717, 1.165) is 0 Å². The highest BCUT2D eigenvalue weighted by atomic mass is 16.5. The summed E-state index contributed by atoms with van der Waals surface area (Å²) in [6.07, 6.45) is -0.00453. The molecule has 0 spiro atoms. The lowest BCUT2D eigenvalue weighted by Gasteiger charge is -2.19. The van der Waals surface area contributed by atoms with E-state index < -0.39 is 30.5 Å². The number of amides is 2. The number of urea groups is 1. The molecule has 1 aliphatic heterocycles. The number of primary amides is 1. The molecular formula is C12H17N7O4. The minimum absolute atomic E-state index is 0.387. The van der Waals surface area contributed by atoms with E-state index in [-0.39, 0.29) is 6.61 Å². The summed E-state index contributed by atoms with van der Waals surface area (Å²) in [6.45, 7) is -0.387. The van der Waals surface area contributed by atoms with Crippen molar-refractivity contribution in [2.45, 2.75) is 24.5 Å². The Morgan fingerprint density at radius 3 is 2.91 bits per heavy atom. The Hall–Kier alpha value is -2.50. The molecule has 1 saturated heterocycles. The third kappa shape index (κ3) is 2.54. The maximum Gasteiger partial charge on any atom is 0.312 e. The Kier molecular flexibility index (Phi) is 3.98. The standard InChI is InChI=1S/C12H17N7O4/c1-14-9-7-10(16-3-15-9)19(4-17-7)11-8(21)6(18-12(13)22)5(2-20)23-11/h3-6,8,11,20-21H,2H2,1H3,(H3,13,18,22)(H,14,15,16)/t5-,6-,8-,11-/m1/s1. The molecule has 2 aromatic heterocycles. The first-order valence-corrected chi connectivity index (χ1v) is 6.92. The highest BCUT2D eigenvalue weighted by Gasteiger charge is 2.45. The van der Waals surface area contributed by atoms with E-state index in [4.69, 9.17) is 10.5 Å². The van der Waals surface area contributed by atoms with Gasteiger partial charge in [0.1, 0.15) is 24.1 Å². The van der Waals surface area contributed by atoms with Crippen molar-refractivity contribution in [1.82, 2.24) is 24.8 Å². The van der Waals surface area contributed by atoms with Crippen LogP contribution >= 0.6 is 0 Å². The number of imidazole rings is 1. The highest BCUT2D eigenvalue weighted by Crippen LogP contribution is 2.32. The van der Waals surface area contributed by atoms with E-state index in [1.54, 1.807) is 7.05 Å². The molecule has 0 bridgehead atoms. The molecule has 11 nitrogen and oxygen atoms in total. The van der Waals surface area contributed by atoms with E-state index in [9.17, 15) is 15.0 Å². The van der Waals surface area contributed by atoms with Crippen molar-refractivity contribution in [3.8, 4) is 0 Å². The summed E-state index contributed by atoms with van der Waals surface area (Å²) in [4.78, 5) is 23.5. The van der Waals surface area contributed by atoms with Crippen molar-refractivity contribution in [3.63, 3.8) is 0 Å². The average molecular weight is 323 g/mol. The summed E-state index contributed by atoms with van der Waals surface area (Å²) in [5.74, 6) is 0.534. The molecule has 0 aromatic carbocycles. The lowest BCUT2D eigenvalue weighted by Crippen LogP contribution is -2.50. The summed E-state index contributed by atoms with van der Waals surface area (Å²) < 4.78 is 7.16. The fourth-order valence-corrected chi connectivity index (χ4v) is 2.69. The topological polar surface area (TPSA) is 160 Å². The number of rotatable bonds is 4. The van der Waals surface area contributed by atoms with Gasteiger partial charge in [-0.3, -0.25) is 4.57 Å². The number of aromatic nitrogens is 4. The van der Waals surface area contributed by atoms with Crippen molar-refractivity contribution < 1.29 is 19.7 Å². The van der Waals surface area contributed by atoms with Crippen molar-refractivity contribution in [3.05, 3.63) is 12.7 Å². The molecule has 1 fully saturated rings. The van der Waals surface area contributed by atoms with E-state index in [2.05, 4.69) is 25.6 Å². The number of nitrogens with zero attached hydrogens (tertiary/aromatic N) is 4. The number of carbonyl (C=O) groups is 1. The van der Waals surface area contributed by atoms with Crippen LogP contribution in [0.2, 0.25) is 0 Å². The molecule has 3 rings (SSSR count). The quantitative estimate of drug-likeness (QED) is 0.438. The van der Waals surface area contributed by atoms with E-state index in [0.29, 0.717) is 17.0 Å². The summed E-state index contributed by atoms with van der Waals surface area (Å²) in [5, 5.41) is 25.1. The van der Waals surface area contributed by atoms with Crippen LogP contribution in [0.1, 0.15) is 6.23 Å². The number of ether oxygens (including phenoxy) is 1. The van der Waals surface area contributed by atoms with Crippen LogP contribution in [0.3, 0.4) is 0 Å². The van der Waals surface area contributed by atoms with Gasteiger partial charge in [-0.15, -0.1) is 0 Å². The molecular weight excluding hydrogens is 306 g/mol. The summed E-state index contributed by atoms with van der Waals surface area (Å²) >= 11 is 0. The van der Waals surface area contributed by atoms with Gasteiger partial charge in [-0.2, -0.15) is 0 Å². The van der Waals surface area contributed by atoms with Gasteiger partial charge < -0.3 is 31.3 Å². The fraction of sp³-hybridized carbons (Fsp3) is 0.500. The second-order valence-corrected chi connectivity index (χ2v) is 5.07. The Morgan fingerprint density at radius 2 is 2.26 bits per heavy atom. The number of carbonyl (C=O) groups excluding carboxylic acids is 1. The molecule has 0 aliphatic carbocycles. The lowest BCUT2D eigenvalue weighted by atomic mass is 10.1. The zero-order chi connectivity index (χ0) is 16.6. The number of fused-ring (bicyclic) bond motifs is 1. The zero-order valence-corrected chi connectivity index (χ0v) is 12.2. The van der Waals surface area contributed by atoms with E-state index in [1.807, 2.05) is 0 Å². The van der Waals surface area contributed by atoms with Gasteiger partial charge in [0.25, 0.3) is 0 Å². The Balaban J connectivity index is 1.97. The number of aliphatic hydroxyl groups excluding tert-OH is 2. The fourth-order valence-electron chi connectivity index (χ4n) is 2.69. The first-order valence-electron chi connectivity index (χ1n) is 6.92. The third-order valence-corrected chi connectivity index (χ3v) is 3.73. The smallest absolute Gasteiger partial charge is 0.312 e. The van der Waals surface area contributed by atoms with Gasteiger partial charge in [-0.05, 0) is 0 Å². The summed E-state index contributed by atoms with van der Waals surface area (Å²) in [7, 11) is 1.70. The molecule has 4 atom stereocenters.